The second kappa shape index (κ2) is 6.20. The van der Waals surface area contributed by atoms with Gasteiger partial charge in [-0.15, -0.1) is 0 Å². The van der Waals surface area contributed by atoms with Crippen LogP contribution in [0.3, 0.4) is 0 Å². The second-order valence-electron chi connectivity index (χ2n) is 5.53. The highest BCUT2D eigenvalue weighted by Gasteiger charge is 2.34. The van der Waals surface area contributed by atoms with Gasteiger partial charge in [0.05, 0.1) is 5.92 Å². The van der Waals surface area contributed by atoms with E-state index in [2.05, 4.69) is 31.2 Å². The van der Waals surface area contributed by atoms with E-state index in [0.717, 1.165) is 25.8 Å². The van der Waals surface area contributed by atoms with E-state index in [9.17, 15) is 4.79 Å². The van der Waals surface area contributed by atoms with Gasteiger partial charge in [-0.1, -0.05) is 36.8 Å². The highest BCUT2D eigenvalue weighted by Crippen LogP contribution is 2.30. The van der Waals surface area contributed by atoms with Gasteiger partial charge >= 0.3 is 0 Å². The number of hydrogen-bond donors (Lipinski definition) is 1. The summed E-state index contributed by atoms with van der Waals surface area (Å²) in [7, 11) is 0. The molecule has 0 bridgehead atoms. The smallest absolute Gasteiger partial charge is 0.227 e. The Morgan fingerprint density at radius 3 is 2.74 bits per heavy atom. The molecule has 1 aliphatic carbocycles. The fourth-order valence-corrected chi connectivity index (χ4v) is 2.46. The van der Waals surface area contributed by atoms with Crippen molar-refractivity contribution >= 4 is 5.91 Å². The van der Waals surface area contributed by atoms with Crippen LogP contribution in [-0.4, -0.2) is 23.4 Å². The summed E-state index contributed by atoms with van der Waals surface area (Å²) < 4.78 is 0. The Morgan fingerprint density at radius 1 is 1.47 bits per heavy atom. The van der Waals surface area contributed by atoms with Gasteiger partial charge in [0, 0.05) is 19.1 Å². The minimum absolute atomic E-state index is 0.0228. The largest absolute Gasteiger partial charge is 0.335 e. The lowest BCUT2D eigenvalue weighted by atomic mass is 10.0. The van der Waals surface area contributed by atoms with Gasteiger partial charge < -0.3 is 10.6 Å². The number of benzene rings is 1. The van der Waals surface area contributed by atoms with Gasteiger partial charge in [-0.05, 0) is 31.7 Å². The van der Waals surface area contributed by atoms with Gasteiger partial charge in [-0.25, -0.2) is 0 Å². The van der Waals surface area contributed by atoms with Crippen LogP contribution in [0.1, 0.15) is 37.3 Å². The van der Waals surface area contributed by atoms with Crippen molar-refractivity contribution in [2.24, 2.45) is 11.7 Å². The number of rotatable bonds is 6. The van der Waals surface area contributed by atoms with Crippen LogP contribution < -0.4 is 5.73 Å². The molecule has 0 aromatic heterocycles. The van der Waals surface area contributed by atoms with Gasteiger partial charge in [-0.3, -0.25) is 4.79 Å². The molecule has 3 nitrogen and oxygen atoms in total. The van der Waals surface area contributed by atoms with Gasteiger partial charge in [0.15, 0.2) is 0 Å². The Labute approximate surface area is 115 Å². The zero-order chi connectivity index (χ0) is 13.8. The molecule has 2 N–H and O–H groups in total. The van der Waals surface area contributed by atoms with Crippen LogP contribution in [0.25, 0.3) is 0 Å². The molecule has 1 unspecified atom stereocenters. The average Bonchev–Trinajstić information content (AvgIpc) is 3.21. The number of nitrogens with two attached hydrogens (primary N) is 1. The van der Waals surface area contributed by atoms with Crippen LogP contribution in [0.2, 0.25) is 0 Å². The molecular formula is C16H24N2O. The van der Waals surface area contributed by atoms with Gasteiger partial charge in [0.25, 0.3) is 0 Å². The highest BCUT2D eigenvalue weighted by molar-refractivity contribution is 5.79. The predicted molar refractivity (Wildman–Crippen MR) is 77.6 cm³/mol. The molecule has 1 aromatic carbocycles. The number of amides is 1. The molecule has 0 heterocycles. The van der Waals surface area contributed by atoms with Crippen LogP contribution in [0.5, 0.6) is 0 Å². The lowest BCUT2D eigenvalue weighted by Gasteiger charge is -2.26. The van der Waals surface area contributed by atoms with Gasteiger partial charge in [0.2, 0.25) is 5.91 Å². The van der Waals surface area contributed by atoms with Gasteiger partial charge in [0.1, 0.15) is 0 Å². The van der Waals surface area contributed by atoms with E-state index in [4.69, 9.17) is 5.73 Å². The topological polar surface area (TPSA) is 46.3 Å². The fourth-order valence-electron chi connectivity index (χ4n) is 2.46. The zero-order valence-electron chi connectivity index (χ0n) is 11.9. The third kappa shape index (κ3) is 3.57. The van der Waals surface area contributed by atoms with Crippen molar-refractivity contribution in [3.63, 3.8) is 0 Å². The van der Waals surface area contributed by atoms with Crippen molar-refractivity contribution in [3.8, 4) is 0 Å². The molecule has 0 saturated heterocycles. The first-order valence-electron chi connectivity index (χ1n) is 7.21. The Bertz CT molecular complexity index is 436. The van der Waals surface area contributed by atoms with Crippen LogP contribution >= 0.6 is 0 Å². The summed E-state index contributed by atoms with van der Waals surface area (Å²) in [5, 5.41) is 0. The minimum atomic E-state index is -0.0228. The predicted octanol–water partition coefficient (Wildman–Crippen LogP) is 2.47. The number of aryl methyl sites for hydroxylation is 1. The summed E-state index contributed by atoms with van der Waals surface area (Å²) in [5.41, 5.74) is 8.17. The minimum Gasteiger partial charge on any atom is -0.335 e. The van der Waals surface area contributed by atoms with E-state index in [1.165, 1.54) is 11.1 Å². The Kier molecular flexibility index (Phi) is 4.59. The first-order valence-corrected chi connectivity index (χ1v) is 7.21. The molecule has 1 fully saturated rings. The van der Waals surface area contributed by atoms with E-state index in [1.54, 1.807) is 0 Å². The van der Waals surface area contributed by atoms with Gasteiger partial charge in [-0.2, -0.15) is 0 Å². The summed E-state index contributed by atoms with van der Waals surface area (Å²) >= 11 is 0. The Morgan fingerprint density at radius 2 is 2.21 bits per heavy atom. The molecule has 0 radical (unpaired) electrons. The molecule has 0 aliphatic heterocycles. The van der Waals surface area contributed by atoms with E-state index in [1.807, 2.05) is 11.8 Å². The third-order valence-corrected chi connectivity index (χ3v) is 3.83. The summed E-state index contributed by atoms with van der Waals surface area (Å²) in [6.45, 7) is 5.29. The molecule has 1 aromatic rings. The SMILES string of the molecule is CCC(CN)C(=O)N(Cc1cccc(C)c1)C1CC1. The molecule has 1 atom stereocenters. The molecule has 104 valence electrons. The normalized spacial score (nSPS) is 16.2. The van der Waals surface area contributed by atoms with Crippen molar-refractivity contribution < 1.29 is 4.79 Å². The number of carbonyl (C=O) groups is 1. The Balaban J connectivity index is 2.10. The molecule has 3 heteroatoms. The quantitative estimate of drug-likeness (QED) is 0.854. The summed E-state index contributed by atoms with van der Waals surface area (Å²) in [6.07, 6.45) is 3.10. The third-order valence-electron chi connectivity index (χ3n) is 3.83. The van der Waals surface area contributed by atoms with E-state index < -0.39 is 0 Å². The summed E-state index contributed by atoms with van der Waals surface area (Å²) in [4.78, 5) is 14.6. The zero-order valence-corrected chi connectivity index (χ0v) is 11.9. The number of nitrogens with zero attached hydrogens (tertiary/aromatic N) is 1. The van der Waals surface area contributed by atoms with Crippen molar-refractivity contribution in [1.29, 1.82) is 0 Å². The fraction of sp³-hybridized carbons (Fsp3) is 0.562. The van der Waals surface area contributed by atoms with Crippen molar-refractivity contribution in [1.82, 2.24) is 4.90 Å². The van der Waals surface area contributed by atoms with Crippen molar-refractivity contribution in [3.05, 3.63) is 35.4 Å². The van der Waals surface area contributed by atoms with E-state index in [0.29, 0.717) is 12.6 Å². The van der Waals surface area contributed by atoms with Crippen molar-refractivity contribution in [2.45, 2.75) is 45.7 Å². The van der Waals surface area contributed by atoms with Crippen molar-refractivity contribution in [2.75, 3.05) is 6.54 Å². The maximum Gasteiger partial charge on any atom is 0.227 e. The molecule has 19 heavy (non-hydrogen) atoms. The molecule has 0 spiro atoms. The lowest BCUT2D eigenvalue weighted by molar-refractivity contribution is -0.136. The molecule has 1 saturated carbocycles. The monoisotopic (exact) mass is 260 g/mol. The van der Waals surface area contributed by atoms with Crippen LogP contribution in [-0.2, 0) is 11.3 Å². The Hall–Kier alpha value is -1.35. The molecule has 2 rings (SSSR count). The maximum absolute atomic E-state index is 12.5. The second-order valence-corrected chi connectivity index (χ2v) is 5.53. The maximum atomic E-state index is 12.5. The first-order chi connectivity index (χ1) is 9.15. The number of carbonyl (C=O) groups excluding carboxylic acids is 1. The van der Waals surface area contributed by atoms with Crippen LogP contribution in [0.4, 0.5) is 0 Å². The molecular weight excluding hydrogens is 236 g/mol. The average molecular weight is 260 g/mol. The summed E-state index contributed by atoms with van der Waals surface area (Å²) in [6, 6.07) is 8.83. The van der Waals surface area contributed by atoms with Crippen LogP contribution in [0, 0.1) is 12.8 Å². The highest BCUT2D eigenvalue weighted by atomic mass is 16.2. The van der Waals surface area contributed by atoms with Crippen LogP contribution in [0.15, 0.2) is 24.3 Å². The molecule has 1 aliphatic rings. The lowest BCUT2D eigenvalue weighted by Crippen LogP contribution is -2.39. The van der Waals surface area contributed by atoms with E-state index >= 15 is 0 Å². The standard InChI is InChI=1S/C16H24N2O/c1-3-14(10-17)16(19)18(15-7-8-15)11-13-6-4-5-12(2)9-13/h4-6,9,14-15H,3,7-8,10-11,17H2,1-2H3. The number of hydrogen-bond acceptors (Lipinski definition) is 2. The summed E-state index contributed by atoms with van der Waals surface area (Å²) in [5.74, 6) is 0.208. The first kappa shape index (κ1) is 14.1. The van der Waals surface area contributed by atoms with E-state index in [-0.39, 0.29) is 11.8 Å². The molecule has 1 amide bonds.